The molecule has 0 fully saturated rings. The lowest BCUT2D eigenvalue weighted by Crippen LogP contribution is -2.30. The summed E-state index contributed by atoms with van der Waals surface area (Å²) >= 11 is 0. The lowest BCUT2D eigenvalue weighted by atomic mass is 9.99. The van der Waals surface area contributed by atoms with E-state index in [-0.39, 0.29) is 25.7 Å². The molecule has 0 spiro atoms. The second kappa shape index (κ2) is 58.2. The van der Waals surface area contributed by atoms with Crippen LogP contribution in [-0.4, -0.2) is 96.7 Å². The molecule has 510 valence electrons. The number of phosphoric acid groups is 2. The van der Waals surface area contributed by atoms with Crippen molar-refractivity contribution in [1.29, 1.82) is 0 Å². The first kappa shape index (κ1) is 84.1. The summed E-state index contributed by atoms with van der Waals surface area (Å²) < 4.78 is 68.1. The summed E-state index contributed by atoms with van der Waals surface area (Å²) in [5.41, 5.74) is 0. The Bertz CT molecular complexity index is 1700. The third-order valence-corrected chi connectivity index (χ3v) is 17.6. The van der Waals surface area contributed by atoms with Crippen LogP contribution in [-0.2, 0) is 65.4 Å². The van der Waals surface area contributed by atoms with Crippen LogP contribution in [0.2, 0.25) is 0 Å². The summed E-state index contributed by atoms with van der Waals surface area (Å²) in [6.07, 6.45) is 40.3. The van der Waals surface area contributed by atoms with E-state index in [9.17, 15) is 43.2 Å². The first-order valence-corrected chi connectivity index (χ1v) is 37.9. The molecule has 0 aromatic heterocycles. The van der Waals surface area contributed by atoms with Crippen LogP contribution in [0, 0.1) is 17.8 Å². The number of hydrogen-bond donors (Lipinski definition) is 3. The van der Waals surface area contributed by atoms with E-state index in [1.54, 1.807) is 0 Å². The Balaban J connectivity index is 5.24. The van der Waals surface area contributed by atoms with E-state index in [1.807, 2.05) is 0 Å². The molecule has 0 saturated carbocycles. The lowest BCUT2D eigenvalue weighted by molar-refractivity contribution is -0.161. The topological polar surface area (TPSA) is 237 Å². The molecule has 0 aliphatic heterocycles. The number of rotatable bonds is 65. The number of carbonyl (C=O) groups excluding carboxylic acids is 4. The number of hydrogen-bond acceptors (Lipinski definition) is 15. The van der Waals surface area contributed by atoms with Crippen LogP contribution in [0.3, 0.4) is 0 Å². The number of ether oxygens (including phenoxy) is 4. The maximum absolute atomic E-state index is 13.0. The van der Waals surface area contributed by atoms with Gasteiger partial charge in [-0.05, 0) is 43.4 Å². The Kier molecular flexibility index (Phi) is 56.9. The number of esters is 4. The molecule has 0 heterocycles. The van der Waals surface area contributed by atoms with Crippen molar-refractivity contribution in [3.63, 3.8) is 0 Å². The molecule has 0 aliphatic rings. The van der Waals surface area contributed by atoms with Gasteiger partial charge in [0, 0.05) is 25.7 Å². The van der Waals surface area contributed by atoms with E-state index in [4.69, 9.17) is 37.0 Å². The van der Waals surface area contributed by atoms with Gasteiger partial charge in [-0.2, -0.15) is 0 Å². The highest BCUT2D eigenvalue weighted by atomic mass is 31.2. The zero-order valence-electron chi connectivity index (χ0n) is 55.8. The van der Waals surface area contributed by atoms with E-state index in [0.29, 0.717) is 25.7 Å². The first-order chi connectivity index (χ1) is 41.3. The molecule has 3 N–H and O–H groups in total. The van der Waals surface area contributed by atoms with Crippen LogP contribution >= 0.6 is 15.6 Å². The number of aliphatic hydroxyl groups is 1. The van der Waals surface area contributed by atoms with Crippen molar-refractivity contribution >= 4 is 39.5 Å². The number of unbranched alkanes of at least 4 members (excludes halogenated alkanes) is 32. The van der Waals surface area contributed by atoms with Gasteiger partial charge in [-0.3, -0.25) is 37.3 Å². The van der Waals surface area contributed by atoms with Gasteiger partial charge in [-0.25, -0.2) is 9.13 Å². The molecule has 0 aromatic rings. The smallest absolute Gasteiger partial charge is 0.462 e. The minimum atomic E-state index is -4.95. The van der Waals surface area contributed by atoms with Gasteiger partial charge in [0.2, 0.25) is 0 Å². The molecule has 0 bridgehead atoms. The summed E-state index contributed by atoms with van der Waals surface area (Å²) in [6, 6.07) is 0. The van der Waals surface area contributed by atoms with Gasteiger partial charge in [0.25, 0.3) is 0 Å². The molecule has 19 heteroatoms. The van der Waals surface area contributed by atoms with Crippen molar-refractivity contribution in [2.45, 2.75) is 349 Å². The summed E-state index contributed by atoms with van der Waals surface area (Å²) in [4.78, 5) is 72.3. The predicted molar refractivity (Wildman–Crippen MR) is 344 cm³/mol. The zero-order chi connectivity index (χ0) is 63.8. The Labute approximate surface area is 524 Å². The highest BCUT2D eigenvalue weighted by molar-refractivity contribution is 7.47. The van der Waals surface area contributed by atoms with E-state index >= 15 is 0 Å². The number of aliphatic hydroxyl groups excluding tert-OH is 1. The van der Waals surface area contributed by atoms with E-state index in [2.05, 4.69) is 48.5 Å². The monoisotopic (exact) mass is 1270 g/mol. The molecular weight excluding hydrogens is 1140 g/mol. The Morgan fingerprint density at radius 3 is 0.884 bits per heavy atom. The van der Waals surface area contributed by atoms with Gasteiger partial charge in [0.15, 0.2) is 12.2 Å². The van der Waals surface area contributed by atoms with Crippen LogP contribution in [0.25, 0.3) is 0 Å². The van der Waals surface area contributed by atoms with Gasteiger partial charge in [0.05, 0.1) is 26.4 Å². The fraction of sp³-hybridized carbons (Fsp3) is 0.940. The number of phosphoric ester groups is 2. The van der Waals surface area contributed by atoms with Gasteiger partial charge in [-0.15, -0.1) is 0 Å². The van der Waals surface area contributed by atoms with Crippen molar-refractivity contribution in [2.24, 2.45) is 17.8 Å². The maximum Gasteiger partial charge on any atom is 0.472 e. The summed E-state index contributed by atoms with van der Waals surface area (Å²) in [5.74, 6) is 0.145. The standard InChI is InChI=1S/C67H130O17P2/c1-8-10-11-12-13-27-34-41-48-64(69)77-54-62(84-67(72)51-44-37-30-23-22-26-33-40-47-60(7)9-2)56-81-85(73,74)79-52-61(68)53-80-86(75,76)82-57-63(55-78-65(70)49-42-35-28-21-17-19-25-32-39-46-59(5)6)83-66(71)50-43-36-29-20-16-14-15-18-24-31-38-45-58(3)4/h58-63,68H,8-57H2,1-7H3,(H,73,74)(H,75,76)/t60?,61-,62+,63+/m0/s1. The highest BCUT2D eigenvalue weighted by Gasteiger charge is 2.30. The Morgan fingerprint density at radius 2 is 0.593 bits per heavy atom. The van der Waals surface area contributed by atoms with E-state index in [1.165, 1.54) is 135 Å². The van der Waals surface area contributed by atoms with Gasteiger partial charge in [-0.1, -0.05) is 280 Å². The van der Waals surface area contributed by atoms with Crippen LogP contribution in [0.5, 0.6) is 0 Å². The predicted octanol–water partition coefficient (Wildman–Crippen LogP) is 18.7. The van der Waals surface area contributed by atoms with Crippen LogP contribution in [0.4, 0.5) is 0 Å². The Hall–Kier alpha value is -1.94. The number of carbonyl (C=O) groups is 4. The van der Waals surface area contributed by atoms with Gasteiger partial charge >= 0.3 is 39.5 Å². The second-order valence-electron chi connectivity index (χ2n) is 25.4. The largest absolute Gasteiger partial charge is 0.472 e. The van der Waals surface area contributed by atoms with E-state index < -0.39 is 97.5 Å². The van der Waals surface area contributed by atoms with Crippen LogP contribution < -0.4 is 0 Å². The van der Waals surface area contributed by atoms with Crippen LogP contribution in [0.15, 0.2) is 0 Å². The van der Waals surface area contributed by atoms with Crippen molar-refractivity contribution < 1.29 is 80.2 Å². The summed E-state index contributed by atoms with van der Waals surface area (Å²) in [7, 11) is -9.89. The molecule has 0 aliphatic carbocycles. The van der Waals surface area contributed by atoms with Crippen molar-refractivity contribution in [3.05, 3.63) is 0 Å². The fourth-order valence-corrected chi connectivity index (χ4v) is 11.6. The molecule has 0 amide bonds. The summed E-state index contributed by atoms with van der Waals surface area (Å²) in [6.45, 7) is 11.8. The van der Waals surface area contributed by atoms with Crippen molar-refractivity contribution in [1.82, 2.24) is 0 Å². The maximum atomic E-state index is 13.0. The van der Waals surface area contributed by atoms with E-state index in [0.717, 1.165) is 114 Å². The third kappa shape index (κ3) is 59.7. The fourth-order valence-electron chi connectivity index (χ4n) is 9.98. The SMILES string of the molecule is CCCCCCCCCCC(=O)OC[C@H](COP(=O)(O)OC[C@H](O)COP(=O)(O)OC[C@@H](COC(=O)CCCCCCCCCCCC(C)C)OC(=O)CCCCCCCCCCCCCC(C)C)OC(=O)CCCCCCCCCCC(C)CC. The molecule has 17 nitrogen and oxygen atoms in total. The molecule has 0 rings (SSSR count). The minimum Gasteiger partial charge on any atom is -0.462 e. The molecule has 0 aromatic carbocycles. The van der Waals surface area contributed by atoms with Gasteiger partial charge in [0.1, 0.15) is 19.3 Å². The van der Waals surface area contributed by atoms with Crippen LogP contribution in [0.1, 0.15) is 331 Å². The highest BCUT2D eigenvalue weighted by Crippen LogP contribution is 2.45. The molecule has 6 atom stereocenters. The zero-order valence-corrected chi connectivity index (χ0v) is 57.6. The second-order valence-corrected chi connectivity index (χ2v) is 28.3. The van der Waals surface area contributed by atoms with Crippen molar-refractivity contribution in [2.75, 3.05) is 39.6 Å². The van der Waals surface area contributed by atoms with Gasteiger partial charge < -0.3 is 33.8 Å². The average molecular weight is 1270 g/mol. The third-order valence-electron chi connectivity index (χ3n) is 15.7. The molecule has 3 unspecified atom stereocenters. The molecule has 0 saturated heterocycles. The first-order valence-electron chi connectivity index (χ1n) is 34.9. The molecule has 86 heavy (non-hydrogen) atoms. The molecule has 0 radical (unpaired) electrons. The quantitative estimate of drug-likeness (QED) is 0.0222. The average Bonchev–Trinajstić information content (AvgIpc) is 3.55. The molecular formula is C67H130O17P2. The normalized spacial score (nSPS) is 14.6. The summed E-state index contributed by atoms with van der Waals surface area (Å²) in [5, 5.41) is 10.6. The lowest BCUT2D eigenvalue weighted by Gasteiger charge is -2.21. The Morgan fingerprint density at radius 1 is 0.337 bits per heavy atom. The van der Waals surface area contributed by atoms with Crippen molar-refractivity contribution in [3.8, 4) is 0 Å². The minimum absolute atomic E-state index is 0.104.